The number of hydrogen-bond donors (Lipinski definition) is 3. The number of carboxylic acid groups (broad SMARTS) is 1. The average molecular weight is 282 g/mol. The van der Waals surface area contributed by atoms with Gasteiger partial charge in [-0.05, 0) is 24.6 Å². The van der Waals surface area contributed by atoms with Crippen LogP contribution in [0.1, 0.15) is 16.8 Å². The number of benzene rings is 1. The summed E-state index contributed by atoms with van der Waals surface area (Å²) in [6, 6.07) is 3.32. The van der Waals surface area contributed by atoms with Gasteiger partial charge in [0.2, 0.25) is 0 Å². The molecule has 0 radical (unpaired) electrons. The van der Waals surface area contributed by atoms with E-state index in [0.717, 1.165) is 6.07 Å². The molecule has 2 amide bonds. The van der Waals surface area contributed by atoms with Gasteiger partial charge in [-0.3, -0.25) is 0 Å². The predicted octanol–water partition coefficient (Wildman–Crippen LogP) is 1.59. The summed E-state index contributed by atoms with van der Waals surface area (Å²) in [6.07, 6.45) is 0.682. The highest BCUT2D eigenvalue weighted by Gasteiger charge is 2.15. The summed E-state index contributed by atoms with van der Waals surface area (Å²) in [4.78, 5) is 24.4. The molecule has 0 bridgehead atoms. The van der Waals surface area contributed by atoms with Crippen molar-refractivity contribution in [2.24, 2.45) is 0 Å². The summed E-state index contributed by atoms with van der Waals surface area (Å²) in [5, 5.41) is 20.8. The Hall–Kier alpha value is -2.28. The lowest BCUT2D eigenvalue weighted by atomic mass is 10.1. The average Bonchev–Trinajstić information content (AvgIpc) is 2.40. The first-order valence-corrected chi connectivity index (χ1v) is 6.03. The summed E-state index contributed by atoms with van der Waals surface area (Å²) >= 11 is 0. The molecular formula is C13H18N2O5. The minimum absolute atomic E-state index is 0.138. The fourth-order valence-corrected chi connectivity index (χ4v) is 1.58. The van der Waals surface area contributed by atoms with Crippen molar-refractivity contribution in [3.8, 4) is 5.75 Å². The SMILES string of the molecule is COCCCN(C)C(=O)Nc1ccc(O)cc1C(=O)O. The third-order valence-corrected chi connectivity index (χ3v) is 2.66. The van der Waals surface area contributed by atoms with Crippen molar-refractivity contribution in [2.45, 2.75) is 6.42 Å². The van der Waals surface area contributed by atoms with Crippen LogP contribution in [-0.2, 0) is 4.74 Å². The molecule has 110 valence electrons. The number of nitrogens with zero attached hydrogens (tertiary/aromatic N) is 1. The van der Waals surface area contributed by atoms with Crippen LogP contribution in [0.3, 0.4) is 0 Å². The molecule has 1 rings (SSSR count). The second kappa shape index (κ2) is 7.34. The number of phenols is 1. The lowest BCUT2D eigenvalue weighted by molar-refractivity contribution is 0.0697. The molecule has 0 aliphatic heterocycles. The van der Waals surface area contributed by atoms with Gasteiger partial charge in [-0.2, -0.15) is 0 Å². The maximum Gasteiger partial charge on any atom is 0.337 e. The predicted molar refractivity (Wildman–Crippen MR) is 73.2 cm³/mol. The van der Waals surface area contributed by atoms with Gasteiger partial charge in [-0.25, -0.2) is 9.59 Å². The van der Waals surface area contributed by atoms with Crippen molar-refractivity contribution in [3.63, 3.8) is 0 Å². The normalized spacial score (nSPS) is 10.1. The molecule has 3 N–H and O–H groups in total. The molecule has 0 heterocycles. The van der Waals surface area contributed by atoms with Crippen LogP contribution in [0.5, 0.6) is 5.75 Å². The molecule has 1 aromatic carbocycles. The number of hydrogen-bond acceptors (Lipinski definition) is 4. The summed E-state index contributed by atoms with van der Waals surface area (Å²) in [7, 11) is 3.18. The molecule has 1 aromatic rings. The number of nitrogens with one attached hydrogen (secondary N) is 1. The monoisotopic (exact) mass is 282 g/mol. The van der Waals surface area contributed by atoms with E-state index >= 15 is 0 Å². The van der Waals surface area contributed by atoms with E-state index < -0.39 is 12.0 Å². The highest BCUT2D eigenvalue weighted by Crippen LogP contribution is 2.21. The Morgan fingerprint density at radius 1 is 1.40 bits per heavy atom. The van der Waals surface area contributed by atoms with Gasteiger partial charge in [-0.1, -0.05) is 0 Å². The zero-order valence-electron chi connectivity index (χ0n) is 11.4. The standard InChI is InChI=1S/C13H18N2O5/c1-15(6-3-7-20-2)13(19)14-11-5-4-9(16)8-10(11)12(17)18/h4-5,8,16H,3,6-7H2,1-2H3,(H,14,19)(H,17,18). The van der Waals surface area contributed by atoms with Crippen molar-refractivity contribution in [1.29, 1.82) is 0 Å². The van der Waals surface area contributed by atoms with Crippen LogP contribution in [0.15, 0.2) is 18.2 Å². The van der Waals surface area contributed by atoms with E-state index in [0.29, 0.717) is 19.6 Å². The van der Waals surface area contributed by atoms with Gasteiger partial charge in [0, 0.05) is 27.3 Å². The Morgan fingerprint density at radius 2 is 2.10 bits per heavy atom. The van der Waals surface area contributed by atoms with Crippen molar-refractivity contribution < 1.29 is 24.5 Å². The molecular weight excluding hydrogens is 264 g/mol. The molecule has 20 heavy (non-hydrogen) atoms. The number of anilines is 1. The lowest BCUT2D eigenvalue weighted by Gasteiger charge is -2.18. The molecule has 0 saturated heterocycles. The minimum Gasteiger partial charge on any atom is -0.508 e. The molecule has 0 saturated carbocycles. The second-order valence-electron chi connectivity index (χ2n) is 4.23. The number of amides is 2. The molecule has 0 aliphatic rings. The highest BCUT2D eigenvalue weighted by molar-refractivity contribution is 6.00. The Balaban J connectivity index is 2.72. The number of carbonyl (C=O) groups excluding carboxylic acids is 1. The van der Waals surface area contributed by atoms with Crippen molar-refractivity contribution in [2.75, 3.05) is 32.6 Å². The van der Waals surface area contributed by atoms with E-state index in [-0.39, 0.29) is 17.0 Å². The Morgan fingerprint density at radius 3 is 2.70 bits per heavy atom. The van der Waals surface area contributed by atoms with Crippen molar-refractivity contribution >= 4 is 17.7 Å². The first-order chi connectivity index (χ1) is 9.45. The molecule has 0 aromatic heterocycles. The van der Waals surface area contributed by atoms with Crippen LogP contribution >= 0.6 is 0 Å². The largest absolute Gasteiger partial charge is 0.508 e. The first kappa shape index (κ1) is 15.8. The third kappa shape index (κ3) is 4.43. The minimum atomic E-state index is -1.22. The van der Waals surface area contributed by atoms with E-state index in [1.165, 1.54) is 17.0 Å². The topological polar surface area (TPSA) is 99.1 Å². The fraction of sp³-hybridized carbons (Fsp3) is 0.385. The number of aromatic hydroxyl groups is 1. The van der Waals surface area contributed by atoms with Gasteiger partial charge in [0.05, 0.1) is 11.3 Å². The zero-order valence-corrected chi connectivity index (χ0v) is 11.4. The maximum absolute atomic E-state index is 11.9. The van der Waals surface area contributed by atoms with Gasteiger partial charge in [0.1, 0.15) is 5.75 Å². The van der Waals surface area contributed by atoms with E-state index in [4.69, 9.17) is 9.84 Å². The van der Waals surface area contributed by atoms with Gasteiger partial charge in [0.15, 0.2) is 0 Å². The van der Waals surface area contributed by atoms with Crippen LogP contribution in [0.4, 0.5) is 10.5 Å². The maximum atomic E-state index is 11.9. The summed E-state index contributed by atoms with van der Waals surface area (Å²) in [5.41, 5.74) is -0.0254. The Kier molecular flexibility index (Phi) is 5.79. The number of urea groups is 1. The van der Waals surface area contributed by atoms with Crippen molar-refractivity contribution in [3.05, 3.63) is 23.8 Å². The van der Waals surface area contributed by atoms with Gasteiger partial charge in [-0.15, -0.1) is 0 Å². The van der Waals surface area contributed by atoms with Crippen LogP contribution < -0.4 is 5.32 Å². The number of aromatic carboxylic acids is 1. The summed E-state index contributed by atoms with van der Waals surface area (Å²) in [6.45, 7) is 1.03. The van der Waals surface area contributed by atoms with E-state index in [9.17, 15) is 14.7 Å². The van der Waals surface area contributed by atoms with Crippen LogP contribution in [0.25, 0.3) is 0 Å². The number of ether oxygens (including phenoxy) is 1. The van der Waals surface area contributed by atoms with Gasteiger partial charge >= 0.3 is 12.0 Å². The van der Waals surface area contributed by atoms with Gasteiger partial charge < -0.3 is 25.2 Å². The van der Waals surface area contributed by atoms with E-state index in [1.54, 1.807) is 14.2 Å². The van der Waals surface area contributed by atoms with E-state index in [1.807, 2.05) is 0 Å². The number of methoxy groups -OCH3 is 1. The molecule has 7 heteroatoms. The molecule has 0 aliphatic carbocycles. The quantitative estimate of drug-likeness (QED) is 0.543. The Labute approximate surface area is 116 Å². The third-order valence-electron chi connectivity index (χ3n) is 2.66. The van der Waals surface area contributed by atoms with Crippen LogP contribution in [0, 0.1) is 0 Å². The van der Waals surface area contributed by atoms with Crippen LogP contribution in [0.2, 0.25) is 0 Å². The zero-order chi connectivity index (χ0) is 15.1. The molecule has 0 fully saturated rings. The van der Waals surface area contributed by atoms with Crippen molar-refractivity contribution in [1.82, 2.24) is 4.90 Å². The second-order valence-corrected chi connectivity index (χ2v) is 4.23. The smallest absolute Gasteiger partial charge is 0.337 e. The lowest BCUT2D eigenvalue weighted by Crippen LogP contribution is -2.33. The number of phenolic OH excluding ortho intramolecular Hbond substituents is 1. The highest BCUT2D eigenvalue weighted by atomic mass is 16.5. The van der Waals surface area contributed by atoms with Crippen LogP contribution in [-0.4, -0.2) is 54.4 Å². The molecule has 0 atom stereocenters. The van der Waals surface area contributed by atoms with E-state index in [2.05, 4.69) is 5.32 Å². The molecule has 0 spiro atoms. The number of carboxylic acids is 1. The number of carbonyl (C=O) groups is 2. The fourth-order valence-electron chi connectivity index (χ4n) is 1.58. The number of rotatable bonds is 6. The summed E-state index contributed by atoms with van der Waals surface area (Å²) in [5.74, 6) is -1.40. The Bertz CT molecular complexity index is 490. The molecule has 0 unspecified atom stereocenters. The summed E-state index contributed by atoms with van der Waals surface area (Å²) < 4.78 is 4.89. The molecule has 7 nitrogen and oxygen atoms in total. The first-order valence-electron chi connectivity index (χ1n) is 6.03. The van der Waals surface area contributed by atoms with Gasteiger partial charge in [0.25, 0.3) is 0 Å².